The lowest BCUT2D eigenvalue weighted by Crippen LogP contribution is -2.39. The molecule has 2 atom stereocenters. The lowest BCUT2D eigenvalue weighted by atomic mass is 10.2. The molecule has 3 rings (SSSR count). The SMILES string of the molecule is COc1ccc(CN(Cc2ccc(OC)cc2)S(=O)(=O)[C@H](C)[C@@H](O)c2ccc(F)cn2)cc1. The molecule has 7 nitrogen and oxygen atoms in total. The molecule has 1 N–H and O–H groups in total. The highest BCUT2D eigenvalue weighted by molar-refractivity contribution is 7.89. The van der Waals surface area contributed by atoms with E-state index in [1.165, 1.54) is 17.3 Å². The zero-order valence-corrected chi connectivity index (χ0v) is 19.5. The summed E-state index contributed by atoms with van der Waals surface area (Å²) in [6.45, 7) is 1.60. The molecule has 1 heterocycles. The summed E-state index contributed by atoms with van der Waals surface area (Å²) < 4.78 is 52.0. The van der Waals surface area contributed by atoms with E-state index in [0.717, 1.165) is 23.4 Å². The van der Waals surface area contributed by atoms with Gasteiger partial charge in [0.1, 0.15) is 28.7 Å². The molecule has 0 saturated carbocycles. The Labute approximate surface area is 193 Å². The number of sulfonamides is 1. The summed E-state index contributed by atoms with van der Waals surface area (Å²) >= 11 is 0. The third kappa shape index (κ3) is 6.07. The molecule has 1 aromatic heterocycles. The van der Waals surface area contributed by atoms with Crippen LogP contribution in [0.4, 0.5) is 4.39 Å². The van der Waals surface area contributed by atoms with Gasteiger partial charge in [-0.25, -0.2) is 12.8 Å². The maximum absolute atomic E-state index is 13.6. The van der Waals surface area contributed by atoms with E-state index >= 15 is 0 Å². The molecule has 0 aliphatic carbocycles. The maximum atomic E-state index is 13.6. The molecule has 0 saturated heterocycles. The zero-order valence-electron chi connectivity index (χ0n) is 18.7. The molecule has 33 heavy (non-hydrogen) atoms. The Morgan fingerprint density at radius 2 is 1.39 bits per heavy atom. The minimum Gasteiger partial charge on any atom is -0.497 e. The number of ether oxygens (including phenoxy) is 2. The zero-order chi connectivity index (χ0) is 24.0. The number of hydrogen-bond donors (Lipinski definition) is 1. The molecule has 0 unspecified atom stereocenters. The molecule has 3 aromatic rings. The predicted octanol–water partition coefficient (Wildman–Crippen LogP) is 3.69. The third-order valence-corrected chi connectivity index (χ3v) is 7.54. The van der Waals surface area contributed by atoms with Gasteiger partial charge in [-0.05, 0) is 54.4 Å². The van der Waals surface area contributed by atoms with Gasteiger partial charge in [0.25, 0.3) is 0 Å². The Bertz CT molecular complexity index is 1090. The van der Waals surface area contributed by atoms with Crippen molar-refractivity contribution in [3.8, 4) is 11.5 Å². The highest BCUT2D eigenvalue weighted by atomic mass is 32.2. The second-order valence-corrected chi connectivity index (χ2v) is 9.85. The number of methoxy groups -OCH3 is 2. The van der Waals surface area contributed by atoms with E-state index in [4.69, 9.17) is 9.47 Å². The molecule has 0 amide bonds. The molecule has 0 bridgehead atoms. The van der Waals surface area contributed by atoms with E-state index in [2.05, 4.69) is 4.98 Å². The van der Waals surface area contributed by atoms with Crippen LogP contribution in [0.3, 0.4) is 0 Å². The van der Waals surface area contributed by atoms with Crippen molar-refractivity contribution in [2.45, 2.75) is 31.4 Å². The first-order chi connectivity index (χ1) is 15.7. The lowest BCUT2D eigenvalue weighted by molar-refractivity contribution is 0.167. The lowest BCUT2D eigenvalue weighted by Gasteiger charge is -2.28. The van der Waals surface area contributed by atoms with Crippen molar-refractivity contribution in [3.63, 3.8) is 0 Å². The van der Waals surface area contributed by atoms with Gasteiger partial charge in [-0.2, -0.15) is 4.31 Å². The van der Waals surface area contributed by atoms with E-state index in [-0.39, 0.29) is 18.8 Å². The van der Waals surface area contributed by atoms with Crippen LogP contribution in [-0.4, -0.2) is 42.3 Å². The van der Waals surface area contributed by atoms with E-state index in [9.17, 15) is 17.9 Å². The van der Waals surface area contributed by atoms with Crippen molar-refractivity contribution in [1.82, 2.24) is 9.29 Å². The number of nitrogens with zero attached hydrogens (tertiary/aromatic N) is 2. The first-order valence-corrected chi connectivity index (χ1v) is 11.8. The Morgan fingerprint density at radius 1 is 0.909 bits per heavy atom. The van der Waals surface area contributed by atoms with E-state index in [0.29, 0.717) is 11.5 Å². The van der Waals surface area contributed by atoms with Gasteiger partial charge in [0.15, 0.2) is 0 Å². The van der Waals surface area contributed by atoms with E-state index in [1.54, 1.807) is 62.8 Å². The summed E-state index contributed by atoms with van der Waals surface area (Å²) in [5.74, 6) is 0.756. The summed E-state index contributed by atoms with van der Waals surface area (Å²) in [4.78, 5) is 3.84. The smallest absolute Gasteiger partial charge is 0.220 e. The first-order valence-electron chi connectivity index (χ1n) is 10.3. The van der Waals surface area contributed by atoms with Crippen molar-refractivity contribution in [2.24, 2.45) is 0 Å². The van der Waals surface area contributed by atoms with Crippen LogP contribution in [0.1, 0.15) is 29.8 Å². The van der Waals surface area contributed by atoms with Gasteiger partial charge >= 0.3 is 0 Å². The molecular weight excluding hydrogens is 447 g/mol. The van der Waals surface area contributed by atoms with Gasteiger partial charge in [0, 0.05) is 13.1 Å². The summed E-state index contributed by atoms with van der Waals surface area (Å²) in [7, 11) is -0.884. The van der Waals surface area contributed by atoms with Gasteiger partial charge in [-0.15, -0.1) is 0 Å². The Kier molecular flexibility index (Phi) is 8.01. The summed E-state index contributed by atoms with van der Waals surface area (Å²) in [6.07, 6.45) is -0.477. The van der Waals surface area contributed by atoms with Gasteiger partial charge in [0.05, 0.1) is 26.1 Å². The fourth-order valence-electron chi connectivity index (χ4n) is 3.31. The third-order valence-electron chi connectivity index (χ3n) is 5.36. The van der Waals surface area contributed by atoms with Crippen molar-refractivity contribution >= 4 is 10.0 Å². The van der Waals surface area contributed by atoms with Gasteiger partial charge < -0.3 is 14.6 Å². The van der Waals surface area contributed by atoms with Crippen molar-refractivity contribution in [1.29, 1.82) is 0 Å². The van der Waals surface area contributed by atoms with Crippen LogP contribution >= 0.6 is 0 Å². The number of aliphatic hydroxyl groups is 1. The Morgan fingerprint density at radius 3 is 1.79 bits per heavy atom. The highest BCUT2D eigenvalue weighted by Gasteiger charge is 2.35. The number of halogens is 1. The van der Waals surface area contributed by atoms with Gasteiger partial charge in [-0.3, -0.25) is 4.98 Å². The fourth-order valence-corrected chi connectivity index (χ4v) is 4.90. The summed E-state index contributed by atoms with van der Waals surface area (Å²) in [5, 5.41) is 9.49. The molecule has 2 aromatic carbocycles. The minimum atomic E-state index is -4.00. The molecule has 0 fully saturated rings. The first kappa shape index (κ1) is 24.6. The average Bonchev–Trinajstić information content (AvgIpc) is 2.84. The molecule has 0 aliphatic heterocycles. The maximum Gasteiger partial charge on any atom is 0.220 e. The Hall–Kier alpha value is -3.01. The van der Waals surface area contributed by atoms with Crippen LogP contribution in [0, 0.1) is 5.82 Å². The molecule has 0 spiro atoms. The fraction of sp³-hybridized carbons (Fsp3) is 0.292. The van der Waals surface area contributed by atoms with E-state index < -0.39 is 27.2 Å². The standard InChI is InChI=1S/C24H27FN2O5S/c1-17(24(28)23-13-8-20(25)14-26-23)33(29,30)27(15-18-4-9-21(31-2)10-5-18)16-19-6-11-22(32-3)12-7-19/h4-14,17,24,28H,15-16H2,1-3H3/t17-,24-/m1/s1. The minimum absolute atomic E-state index is 0.0846. The van der Waals surface area contributed by atoms with Gasteiger partial charge in [0.2, 0.25) is 10.0 Å². The van der Waals surface area contributed by atoms with Crippen LogP contribution in [0.15, 0.2) is 66.9 Å². The number of aromatic nitrogens is 1. The quantitative estimate of drug-likeness (QED) is 0.482. The van der Waals surface area contributed by atoms with Crippen LogP contribution in [-0.2, 0) is 23.1 Å². The van der Waals surface area contributed by atoms with E-state index in [1.807, 2.05) is 0 Å². The second kappa shape index (κ2) is 10.7. The molecule has 176 valence electrons. The Balaban J connectivity index is 1.91. The highest BCUT2D eigenvalue weighted by Crippen LogP contribution is 2.27. The monoisotopic (exact) mass is 474 g/mol. The van der Waals surface area contributed by atoms with Crippen LogP contribution in [0.2, 0.25) is 0 Å². The molecule has 0 radical (unpaired) electrons. The van der Waals surface area contributed by atoms with Crippen LogP contribution < -0.4 is 9.47 Å². The largest absolute Gasteiger partial charge is 0.497 e. The second-order valence-electron chi connectivity index (χ2n) is 7.56. The molecule has 9 heteroatoms. The summed E-state index contributed by atoms with van der Waals surface area (Å²) in [6, 6.07) is 16.6. The molecule has 0 aliphatic rings. The van der Waals surface area contributed by atoms with Crippen molar-refractivity contribution < 1.29 is 27.4 Å². The molecular formula is C24H27FN2O5S. The van der Waals surface area contributed by atoms with Crippen LogP contribution in [0.5, 0.6) is 11.5 Å². The number of pyridine rings is 1. The van der Waals surface area contributed by atoms with Crippen molar-refractivity contribution in [3.05, 3.63) is 89.5 Å². The van der Waals surface area contributed by atoms with Crippen LogP contribution in [0.25, 0.3) is 0 Å². The number of aliphatic hydroxyl groups excluding tert-OH is 1. The normalized spacial score (nSPS) is 13.5. The predicted molar refractivity (Wildman–Crippen MR) is 123 cm³/mol. The average molecular weight is 475 g/mol. The summed E-state index contributed by atoms with van der Waals surface area (Å²) in [5.41, 5.74) is 1.60. The van der Waals surface area contributed by atoms with Gasteiger partial charge in [-0.1, -0.05) is 24.3 Å². The number of hydrogen-bond acceptors (Lipinski definition) is 6. The number of benzene rings is 2. The number of rotatable bonds is 10. The topological polar surface area (TPSA) is 89.0 Å². The van der Waals surface area contributed by atoms with Crippen molar-refractivity contribution in [2.75, 3.05) is 14.2 Å².